The molecule has 0 saturated carbocycles. The average Bonchev–Trinajstić information content (AvgIpc) is 3.75. The van der Waals surface area contributed by atoms with Crippen molar-refractivity contribution in [1.29, 1.82) is 0 Å². The van der Waals surface area contributed by atoms with Gasteiger partial charge in [-0.05, 0) is 48.7 Å². The van der Waals surface area contributed by atoms with E-state index in [9.17, 15) is 9.59 Å². The third-order valence-electron chi connectivity index (χ3n) is 8.34. The number of aromatic amines is 2. The highest BCUT2D eigenvalue weighted by Gasteiger charge is 2.32. The number of carbonyl (C=O) groups is 1. The number of hydrogen-bond donors (Lipinski definition) is 3. The second-order valence-electron chi connectivity index (χ2n) is 10.9. The zero-order valence-corrected chi connectivity index (χ0v) is 23.0. The molecule has 2 aromatic heterocycles. The molecule has 3 aromatic carbocycles. The van der Waals surface area contributed by atoms with E-state index in [2.05, 4.69) is 63.7 Å². The van der Waals surface area contributed by atoms with E-state index in [-0.39, 0.29) is 11.6 Å². The Hall–Kier alpha value is -4.76. The number of quaternary nitrogens is 1. The van der Waals surface area contributed by atoms with Crippen LogP contribution in [0.2, 0.25) is 0 Å². The second-order valence-corrected chi connectivity index (χ2v) is 10.9. The fraction of sp³-hybridized carbons (Fsp3) is 0.250. The molecule has 0 radical (unpaired) electrons. The van der Waals surface area contributed by atoms with E-state index in [0.29, 0.717) is 18.1 Å². The van der Waals surface area contributed by atoms with Gasteiger partial charge in [-0.2, -0.15) is 10.2 Å². The van der Waals surface area contributed by atoms with Gasteiger partial charge in [0.2, 0.25) is 0 Å². The number of aryl methyl sites for hydroxylation is 1. The summed E-state index contributed by atoms with van der Waals surface area (Å²) in [6.07, 6.45) is 3.35. The van der Waals surface area contributed by atoms with Gasteiger partial charge in [0.1, 0.15) is 12.2 Å². The molecule has 1 amide bonds. The number of rotatable bonds is 6. The minimum Gasteiger partial charge on any atom is -0.331 e. The maximum Gasteiger partial charge on any atom is 0.340 e. The molecule has 7 rings (SSSR count). The van der Waals surface area contributed by atoms with E-state index in [4.69, 9.17) is 5.10 Å². The molecule has 41 heavy (non-hydrogen) atoms. The van der Waals surface area contributed by atoms with Crippen LogP contribution < -0.4 is 15.5 Å². The molecule has 9 heteroatoms. The normalized spacial score (nSPS) is 15.4. The maximum absolute atomic E-state index is 14.0. The lowest BCUT2D eigenvalue weighted by molar-refractivity contribution is -0.901. The number of H-pyrrole nitrogens is 2. The second kappa shape index (κ2) is 10.3. The summed E-state index contributed by atoms with van der Waals surface area (Å²) in [4.78, 5) is 31.7. The van der Waals surface area contributed by atoms with Crippen LogP contribution in [0.1, 0.15) is 40.2 Å². The molecular weight excluding hydrogens is 514 g/mol. The maximum atomic E-state index is 14.0. The van der Waals surface area contributed by atoms with Crippen LogP contribution in [0.4, 0.5) is 5.69 Å². The molecule has 206 valence electrons. The van der Waals surface area contributed by atoms with Gasteiger partial charge in [-0.1, -0.05) is 48.5 Å². The van der Waals surface area contributed by atoms with Crippen LogP contribution in [-0.4, -0.2) is 50.5 Å². The summed E-state index contributed by atoms with van der Waals surface area (Å²) in [7, 11) is 0. The minimum absolute atomic E-state index is 0.0730. The highest BCUT2D eigenvalue weighted by Crippen LogP contribution is 2.31. The summed E-state index contributed by atoms with van der Waals surface area (Å²) in [5.41, 5.74) is 8.16. The number of nitrogens with one attached hydrogen (secondary N) is 3. The van der Waals surface area contributed by atoms with E-state index in [1.165, 1.54) is 42.6 Å². The zero-order chi connectivity index (χ0) is 27.9. The van der Waals surface area contributed by atoms with Gasteiger partial charge in [-0.3, -0.25) is 9.78 Å². The number of fused-ring (bicyclic) bond motifs is 1. The monoisotopic (exact) mass is 546 g/mol. The topological polar surface area (TPSA) is 104 Å². The Labute approximate surface area is 237 Å². The molecule has 0 aliphatic carbocycles. The van der Waals surface area contributed by atoms with Gasteiger partial charge in [0.25, 0.3) is 5.91 Å². The minimum atomic E-state index is -0.370. The molecule has 5 aromatic rings. The van der Waals surface area contributed by atoms with Crippen LogP contribution >= 0.6 is 0 Å². The van der Waals surface area contributed by atoms with Crippen molar-refractivity contribution in [3.05, 3.63) is 106 Å². The summed E-state index contributed by atoms with van der Waals surface area (Å²) in [6.45, 7) is 6.08. The number of likely N-dealkylation sites (tertiary alicyclic amines) is 1. The fourth-order valence-electron chi connectivity index (χ4n) is 6.25. The van der Waals surface area contributed by atoms with Crippen LogP contribution in [-0.2, 0) is 13.0 Å². The van der Waals surface area contributed by atoms with Crippen molar-refractivity contribution < 1.29 is 9.69 Å². The molecule has 3 N–H and O–H groups in total. The van der Waals surface area contributed by atoms with Gasteiger partial charge in [0.05, 0.1) is 24.5 Å². The number of anilines is 1. The fourth-order valence-corrected chi connectivity index (χ4v) is 6.25. The first-order chi connectivity index (χ1) is 20.0. The lowest BCUT2D eigenvalue weighted by atomic mass is 9.98. The van der Waals surface area contributed by atoms with Gasteiger partial charge >= 0.3 is 5.69 Å². The molecule has 2 aliphatic rings. The van der Waals surface area contributed by atoms with E-state index in [1.807, 2.05) is 36.1 Å². The molecule has 0 unspecified atom stereocenters. The summed E-state index contributed by atoms with van der Waals surface area (Å²) < 4.78 is 1.72. The van der Waals surface area contributed by atoms with Crippen LogP contribution in [0.25, 0.3) is 28.2 Å². The first kappa shape index (κ1) is 25.2. The van der Waals surface area contributed by atoms with Crippen molar-refractivity contribution in [2.45, 2.75) is 32.7 Å². The van der Waals surface area contributed by atoms with Crippen molar-refractivity contribution >= 4 is 11.6 Å². The molecular formula is C32H32N7O2+. The predicted octanol–water partition coefficient (Wildman–Crippen LogP) is 3.31. The lowest BCUT2D eigenvalue weighted by Crippen LogP contribution is -3.08. The third-order valence-corrected chi connectivity index (χ3v) is 8.34. The molecule has 1 fully saturated rings. The number of carbonyl (C=O) groups excluding carboxylic acids is 1. The summed E-state index contributed by atoms with van der Waals surface area (Å²) >= 11 is 0. The molecule has 0 bridgehead atoms. The Morgan fingerprint density at radius 2 is 1.71 bits per heavy atom. The first-order valence-corrected chi connectivity index (χ1v) is 14.2. The Bertz CT molecular complexity index is 1790. The summed E-state index contributed by atoms with van der Waals surface area (Å²) in [6, 6.07) is 24.6. The third kappa shape index (κ3) is 4.68. The number of nitrogens with zero attached hydrogens (tertiary/aromatic N) is 4. The summed E-state index contributed by atoms with van der Waals surface area (Å²) in [5, 5.41) is 11.2. The van der Waals surface area contributed by atoms with Gasteiger partial charge in [0, 0.05) is 41.8 Å². The first-order valence-electron chi connectivity index (χ1n) is 14.2. The molecule has 9 nitrogen and oxygen atoms in total. The van der Waals surface area contributed by atoms with Gasteiger partial charge in [-0.25, -0.2) is 14.6 Å². The molecule has 1 saturated heterocycles. The Balaban J connectivity index is 1.18. The zero-order valence-electron chi connectivity index (χ0n) is 23.0. The molecule has 2 aliphatic heterocycles. The van der Waals surface area contributed by atoms with E-state index in [1.54, 1.807) is 9.58 Å². The Kier molecular flexibility index (Phi) is 6.36. The van der Waals surface area contributed by atoms with E-state index >= 15 is 0 Å². The number of aromatic nitrogens is 5. The van der Waals surface area contributed by atoms with E-state index < -0.39 is 0 Å². The highest BCUT2D eigenvalue weighted by atomic mass is 16.2. The largest absolute Gasteiger partial charge is 0.340 e. The van der Waals surface area contributed by atoms with Crippen molar-refractivity contribution in [3.8, 4) is 28.2 Å². The average molecular weight is 547 g/mol. The van der Waals surface area contributed by atoms with Crippen LogP contribution in [0, 0.1) is 6.92 Å². The molecule has 4 heterocycles. The highest BCUT2D eigenvalue weighted by molar-refractivity contribution is 6.07. The Morgan fingerprint density at radius 1 is 0.902 bits per heavy atom. The Morgan fingerprint density at radius 3 is 2.49 bits per heavy atom. The van der Waals surface area contributed by atoms with E-state index in [0.717, 1.165) is 41.2 Å². The van der Waals surface area contributed by atoms with Gasteiger partial charge < -0.3 is 9.80 Å². The lowest BCUT2D eigenvalue weighted by Gasteiger charge is -2.28. The van der Waals surface area contributed by atoms with Crippen LogP contribution in [0.3, 0.4) is 0 Å². The van der Waals surface area contributed by atoms with Gasteiger partial charge in [-0.15, -0.1) is 0 Å². The summed E-state index contributed by atoms with van der Waals surface area (Å²) in [5.74, 6) is 0.363. The molecule has 0 spiro atoms. The SMILES string of the molecule is Cc1nn(-c2cccc(-c3n[nH]c(=O)[nH]3)c2)c2c1CCN(c1ccc(-c3ccccc3C[NH+]3CCCC3)cc1)C2=O. The van der Waals surface area contributed by atoms with Crippen LogP contribution in [0.5, 0.6) is 0 Å². The van der Waals surface area contributed by atoms with Crippen molar-refractivity contribution in [3.63, 3.8) is 0 Å². The number of benzene rings is 3. The quantitative estimate of drug-likeness (QED) is 0.304. The number of amides is 1. The predicted molar refractivity (Wildman–Crippen MR) is 157 cm³/mol. The van der Waals surface area contributed by atoms with Crippen molar-refractivity contribution in [2.75, 3.05) is 24.5 Å². The number of hydrogen-bond acceptors (Lipinski definition) is 4. The standard InChI is InChI=1S/C32H31N7O2/c1-21-27-15-18-38(25-13-11-22(12-14-25)28-10-3-2-7-24(28)20-37-16-4-5-17-37)31(40)29(27)39(36-21)26-9-6-8-23(19-26)30-33-32(41)35-34-30/h2-3,6-14,19H,4-5,15-18,20H2,1H3,(H2,33,34,35,41)/p+1. The van der Waals surface area contributed by atoms with Crippen molar-refractivity contribution in [2.24, 2.45) is 0 Å². The van der Waals surface area contributed by atoms with Crippen LogP contribution in [0.15, 0.2) is 77.6 Å². The van der Waals surface area contributed by atoms with Crippen molar-refractivity contribution in [1.82, 2.24) is 25.0 Å². The van der Waals surface area contributed by atoms with Gasteiger partial charge in [0.15, 0.2) is 5.82 Å². The smallest absolute Gasteiger partial charge is 0.331 e. The molecule has 0 atom stereocenters.